The molecule has 0 saturated carbocycles. The molecule has 3 aromatic carbocycles. The Morgan fingerprint density at radius 2 is 1.47 bits per heavy atom. The lowest BCUT2D eigenvalue weighted by Crippen LogP contribution is -2.21. The molecule has 1 unspecified atom stereocenters. The van der Waals surface area contributed by atoms with Crippen molar-refractivity contribution < 1.29 is 23.7 Å². The molecular formula is C31H32N2O5. The lowest BCUT2D eigenvalue weighted by molar-refractivity contribution is 0.0734. The first-order valence-electron chi connectivity index (χ1n) is 12.9. The van der Waals surface area contributed by atoms with Crippen molar-refractivity contribution >= 4 is 5.97 Å². The standard InChI is InChI=1S/C31H32N2O5/c1-3-5-17-35-23-11-7-21(8-12-23)29-26-16-15-25(19-28(26)38-30(33)27(29)20-32)37-31(34)22-9-13-24(14-10-22)36-18-6-4-2/h7-16,19,29H,3-6,17-18,33H2,1-2H3. The number of nitrogens with zero attached hydrogens (tertiary/aromatic N) is 1. The Bertz CT molecular complexity index is 1320. The van der Waals surface area contributed by atoms with Crippen LogP contribution in [0.25, 0.3) is 0 Å². The highest BCUT2D eigenvalue weighted by Crippen LogP contribution is 2.43. The molecule has 3 aromatic rings. The number of carbonyl (C=O) groups is 1. The van der Waals surface area contributed by atoms with E-state index in [2.05, 4.69) is 19.9 Å². The van der Waals surface area contributed by atoms with Crippen molar-refractivity contribution in [3.63, 3.8) is 0 Å². The van der Waals surface area contributed by atoms with Crippen molar-refractivity contribution in [1.82, 2.24) is 0 Å². The highest BCUT2D eigenvalue weighted by atomic mass is 16.5. The van der Waals surface area contributed by atoms with Gasteiger partial charge < -0.3 is 24.7 Å². The van der Waals surface area contributed by atoms with Crippen LogP contribution in [-0.2, 0) is 0 Å². The van der Waals surface area contributed by atoms with Gasteiger partial charge in [-0.2, -0.15) is 5.26 Å². The van der Waals surface area contributed by atoms with Gasteiger partial charge in [-0.15, -0.1) is 0 Å². The summed E-state index contributed by atoms with van der Waals surface area (Å²) < 4.78 is 22.8. The van der Waals surface area contributed by atoms with Crippen LogP contribution in [0.5, 0.6) is 23.0 Å². The molecule has 0 spiro atoms. The van der Waals surface area contributed by atoms with Gasteiger partial charge in [0, 0.05) is 11.6 Å². The number of hydrogen-bond acceptors (Lipinski definition) is 7. The Kier molecular flexibility index (Phi) is 8.89. The Balaban J connectivity index is 1.51. The number of carbonyl (C=O) groups excluding carboxylic acids is 1. The van der Waals surface area contributed by atoms with Crippen LogP contribution in [0.1, 0.15) is 66.9 Å². The van der Waals surface area contributed by atoms with Gasteiger partial charge in [0.1, 0.15) is 34.6 Å². The van der Waals surface area contributed by atoms with Crippen molar-refractivity contribution in [2.45, 2.75) is 45.4 Å². The molecule has 7 nitrogen and oxygen atoms in total. The smallest absolute Gasteiger partial charge is 0.343 e. The molecular weight excluding hydrogens is 480 g/mol. The average Bonchev–Trinajstić information content (AvgIpc) is 2.93. The van der Waals surface area contributed by atoms with Gasteiger partial charge in [-0.25, -0.2) is 4.79 Å². The van der Waals surface area contributed by atoms with Crippen LogP contribution in [-0.4, -0.2) is 19.2 Å². The summed E-state index contributed by atoms with van der Waals surface area (Å²) in [5.41, 5.74) is 8.49. The Labute approximate surface area is 223 Å². The molecule has 1 atom stereocenters. The van der Waals surface area contributed by atoms with Gasteiger partial charge in [-0.3, -0.25) is 0 Å². The first-order valence-corrected chi connectivity index (χ1v) is 12.9. The van der Waals surface area contributed by atoms with E-state index in [1.807, 2.05) is 24.3 Å². The summed E-state index contributed by atoms with van der Waals surface area (Å²) >= 11 is 0. The van der Waals surface area contributed by atoms with Crippen molar-refractivity contribution in [1.29, 1.82) is 5.26 Å². The molecule has 0 saturated heterocycles. The summed E-state index contributed by atoms with van der Waals surface area (Å²) in [5, 5.41) is 9.83. The highest BCUT2D eigenvalue weighted by molar-refractivity contribution is 5.91. The number of benzene rings is 3. The quantitative estimate of drug-likeness (QED) is 0.178. The molecule has 0 radical (unpaired) electrons. The van der Waals surface area contributed by atoms with Crippen LogP contribution >= 0.6 is 0 Å². The highest BCUT2D eigenvalue weighted by Gasteiger charge is 2.31. The SMILES string of the molecule is CCCCOc1ccc(C(=O)Oc2ccc3c(c2)OC(N)=C(C#N)C3c2ccc(OCCCC)cc2)cc1. The third-order valence-corrected chi connectivity index (χ3v) is 6.24. The third-order valence-electron chi connectivity index (χ3n) is 6.24. The van der Waals surface area contributed by atoms with Gasteiger partial charge in [0.2, 0.25) is 5.88 Å². The van der Waals surface area contributed by atoms with Crippen LogP contribution in [0.2, 0.25) is 0 Å². The van der Waals surface area contributed by atoms with E-state index in [9.17, 15) is 10.1 Å². The second kappa shape index (κ2) is 12.7. The van der Waals surface area contributed by atoms with Crippen molar-refractivity contribution in [3.8, 4) is 29.1 Å². The molecule has 1 aliphatic heterocycles. The first kappa shape index (κ1) is 26.6. The molecule has 38 heavy (non-hydrogen) atoms. The summed E-state index contributed by atoms with van der Waals surface area (Å²) in [4.78, 5) is 12.7. The van der Waals surface area contributed by atoms with Gasteiger partial charge in [0.25, 0.3) is 0 Å². The van der Waals surface area contributed by atoms with Crippen LogP contribution in [0, 0.1) is 11.3 Å². The number of esters is 1. The number of nitriles is 1. The van der Waals surface area contributed by atoms with Gasteiger partial charge >= 0.3 is 5.97 Å². The number of nitrogens with two attached hydrogens (primary N) is 1. The van der Waals surface area contributed by atoms with Crippen molar-refractivity contribution in [2.24, 2.45) is 5.73 Å². The fourth-order valence-electron chi connectivity index (χ4n) is 4.12. The largest absolute Gasteiger partial charge is 0.494 e. The topological polar surface area (TPSA) is 104 Å². The summed E-state index contributed by atoms with van der Waals surface area (Å²) in [6.07, 6.45) is 4.07. The van der Waals surface area contributed by atoms with E-state index in [1.165, 1.54) is 0 Å². The number of unbranched alkanes of at least 4 members (excludes halogenated alkanes) is 2. The molecule has 196 valence electrons. The second-order valence-corrected chi connectivity index (χ2v) is 9.01. The minimum absolute atomic E-state index is 0.0235. The van der Waals surface area contributed by atoms with E-state index in [1.54, 1.807) is 42.5 Å². The zero-order valence-corrected chi connectivity index (χ0v) is 21.7. The average molecular weight is 513 g/mol. The molecule has 0 aliphatic carbocycles. The molecule has 0 fully saturated rings. The number of ether oxygens (including phenoxy) is 4. The van der Waals surface area contributed by atoms with Gasteiger partial charge in [0.15, 0.2) is 0 Å². The molecule has 7 heteroatoms. The van der Waals surface area contributed by atoms with Gasteiger partial charge in [0.05, 0.1) is 24.7 Å². The van der Waals surface area contributed by atoms with E-state index in [0.717, 1.165) is 42.6 Å². The minimum atomic E-state index is -0.502. The second-order valence-electron chi connectivity index (χ2n) is 9.01. The lowest BCUT2D eigenvalue weighted by atomic mass is 9.83. The zero-order chi connectivity index (χ0) is 26.9. The summed E-state index contributed by atoms with van der Waals surface area (Å²) in [6, 6.07) is 21.8. The van der Waals surface area contributed by atoms with Crippen molar-refractivity contribution in [3.05, 3.63) is 94.9 Å². The molecule has 0 bridgehead atoms. The maximum atomic E-state index is 12.7. The summed E-state index contributed by atoms with van der Waals surface area (Å²) in [6.45, 7) is 5.51. The van der Waals surface area contributed by atoms with Gasteiger partial charge in [-0.05, 0) is 60.9 Å². The molecule has 2 N–H and O–H groups in total. The third kappa shape index (κ3) is 6.27. The molecule has 1 heterocycles. The van der Waals surface area contributed by atoms with E-state index < -0.39 is 11.9 Å². The minimum Gasteiger partial charge on any atom is -0.494 e. The maximum absolute atomic E-state index is 12.7. The number of allylic oxidation sites excluding steroid dienone is 1. The monoisotopic (exact) mass is 512 g/mol. The number of rotatable bonds is 11. The fourth-order valence-corrected chi connectivity index (χ4v) is 4.12. The molecule has 4 rings (SSSR count). The Morgan fingerprint density at radius 3 is 2.05 bits per heavy atom. The molecule has 1 aliphatic rings. The van der Waals surface area contributed by atoms with Crippen molar-refractivity contribution in [2.75, 3.05) is 13.2 Å². The number of hydrogen-bond donors (Lipinski definition) is 1. The maximum Gasteiger partial charge on any atom is 0.343 e. The fraction of sp³-hybridized carbons (Fsp3) is 0.290. The summed E-state index contributed by atoms with van der Waals surface area (Å²) in [7, 11) is 0. The Morgan fingerprint density at radius 1 is 0.895 bits per heavy atom. The lowest BCUT2D eigenvalue weighted by Gasteiger charge is -2.26. The zero-order valence-electron chi connectivity index (χ0n) is 21.7. The molecule has 0 aromatic heterocycles. The summed E-state index contributed by atoms with van der Waals surface area (Å²) in [5.74, 6) is 1.32. The van der Waals surface area contributed by atoms with Crippen LogP contribution in [0.15, 0.2) is 78.2 Å². The van der Waals surface area contributed by atoms with Gasteiger partial charge in [-0.1, -0.05) is 44.9 Å². The van der Waals surface area contributed by atoms with E-state index in [4.69, 9.17) is 24.7 Å². The van der Waals surface area contributed by atoms with E-state index >= 15 is 0 Å². The van der Waals surface area contributed by atoms with Crippen LogP contribution in [0.4, 0.5) is 0 Å². The normalized spacial score (nSPS) is 14.2. The van der Waals surface area contributed by atoms with Crippen LogP contribution < -0.4 is 24.7 Å². The Hall–Kier alpha value is -4.44. The predicted molar refractivity (Wildman–Crippen MR) is 144 cm³/mol. The van der Waals surface area contributed by atoms with E-state index in [-0.39, 0.29) is 5.88 Å². The molecule has 0 amide bonds. The first-order chi connectivity index (χ1) is 18.5. The predicted octanol–water partition coefficient (Wildman–Crippen LogP) is 6.48. The number of fused-ring (bicyclic) bond motifs is 1. The van der Waals surface area contributed by atoms with E-state index in [0.29, 0.717) is 41.6 Å². The van der Waals surface area contributed by atoms with Crippen LogP contribution in [0.3, 0.4) is 0 Å².